The zero-order chi connectivity index (χ0) is 13.2. The summed E-state index contributed by atoms with van der Waals surface area (Å²) in [6, 6.07) is 0. The lowest BCUT2D eigenvalue weighted by Crippen LogP contribution is -2.41. The molecule has 0 atom stereocenters. The molecule has 0 aromatic heterocycles. The van der Waals surface area contributed by atoms with Crippen molar-refractivity contribution in [2.24, 2.45) is 0 Å². The largest absolute Gasteiger partial charge is 0.444 e. The minimum atomic E-state index is -0.477. The Hall–Kier alpha value is -0.840. The van der Waals surface area contributed by atoms with Crippen molar-refractivity contribution in [3.05, 3.63) is 11.1 Å². The normalized spacial score (nSPS) is 17.1. The van der Waals surface area contributed by atoms with Crippen molar-refractivity contribution in [2.45, 2.75) is 39.7 Å². The third-order valence-corrected chi connectivity index (χ3v) is 3.02. The fourth-order valence-electron chi connectivity index (χ4n) is 1.60. The van der Waals surface area contributed by atoms with Gasteiger partial charge in [-0.15, -0.1) is 0 Å². The predicted octanol–water partition coefficient (Wildman–Crippen LogP) is 3.32. The van der Waals surface area contributed by atoms with E-state index in [-0.39, 0.29) is 6.09 Å². The van der Waals surface area contributed by atoms with Gasteiger partial charge in [0.2, 0.25) is 0 Å². The van der Waals surface area contributed by atoms with Crippen LogP contribution in [0, 0.1) is 5.41 Å². The highest BCUT2D eigenvalue weighted by atomic mass is 79.9. The van der Waals surface area contributed by atoms with Crippen LogP contribution in [0.15, 0.2) is 11.1 Å². The maximum Gasteiger partial charge on any atom is 0.410 e. The molecule has 1 rings (SSSR count). The maximum atomic E-state index is 11.9. The van der Waals surface area contributed by atoms with Gasteiger partial charge in [-0.1, -0.05) is 5.57 Å². The standard InChI is InChI=1S/C12H19BrN2O2/c1-8-5-6-15(7-9(8)10(13)14)11(16)17-12(2,3)4/h14H,5-7H2,1-4H3. The third kappa shape index (κ3) is 4.15. The molecule has 0 aliphatic carbocycles. The van der Waals surface area contributed by atoms with Gasteiger partial charge in [0, 0.05) is 12.1 Å². The molecule has 4 nitrogen and oxygen atoms in total. The lowest BCUT2D eigenvalue weighted by Gasteiger charge is -2.31. The van der Waals surface area contributed by atoms with Crippen molar-refractivity contribution in [3.63, 3.8) is 0 Å². The molecule has 0 aromatic rings. The zero-order valence-electron chi connectivity index (χ0n) is 10.8. The van der Waals surface area contributed by atoms with Crippen LogP contribution in [0.5, 0.6) is 0 Å². The van der Waals surface area contributed by atoms with Gasteiger partial charge in [0.25, 0.3) is 0 Å². The van der Waals surface area contributed by atoms with E-state index in [1.54, 1.807) is 4.90 Å². The molecule has 96 valence electrons. The number of halogens is 1. The Bertz CT molecular complexity index is 369. The number of carbonyl (C=O) groups is 1. The van der Waals surface area contributed by atoms with E-state index in [9.17, 15) is 4.79 Å². The topological polar surface area (TPSA) is 53.4 Å². The summed E-state index contributed by atoms with van der Waals surface area (Å²) in [6.07, 6.45) is 0.485. The van der Waals surface area contributed by atoms with Crippen LogP contribution in [0.3, 0.4) is 0 Å². The molecule has 1 N–H and O–H groups in total. The van der Waals surface area contributed by atoms with Crippen molar-refractivity contribution in [2.75, 3.05) is 13.1 Å². The molecule has 0 spiro atoms. The first-order chi connectivity index (χ1) is 7.70. The summed E-state index contributed by atoms with van der Waals surface area (Å²) in [5.41, 5.74) is 1.56. The molecule has 0 aromatic carbocycles. The van der Waals surface area contributed by atoms with Crippen molar-refractivity contribution < 1.29 is 9.53 Å². The van der Waals surface area contributed by atoms with Gasteiger partial charge in [-0.25, -0.2) is 4.79 Å². The van der Waals surface area contributed by atoms with Gasteiger partial charge in [-0.2, -0.15) is 0 Å². The van der Waals surface area contributed by atoms with Gasteiger partial charge in [0.15, 0.2) is 0 Å². The highest BCUT2D eigenvalue weighted by Gasteiger charge is 2.26. The van der Waals surface area contributed by atoms with Gasteiger partial charge in [0.05, 0.1) is 6.54 Å². The summed E-state index contributed by atoms with van der Waals surface area (Å²) < 4.78 is 5.67. The van der Waals surface area contributed by atoms with Crippen molar-refractivity contribution in [3.8, 4) is 0 Å². The van der Waals surface area contributed by atoms with Crippen LogP contribution in [0.1, 0.15) is 34.1 Å². The summed E-state index contributed by atoms with van der Waals surface area (Å²) in [4.78, 5) is 13.5. The number of nitrogens with zero attached hydrogens (tertiary/aromatic N) is 1. The quantitative estimate of drug-likeness (QED) is 0.756. The van der Waals surface area contributed by atoms with Crippen LogP contribution in [-0.2, 0) is 4.74 Å². The molecular formula is C12H19BrN2O2. The summed E-state index contributed by atoms with van der Waals surface area (Å²) in [7, 11) is 0. The number of rotatable bonds is 1. The molecule has 0 saturated carbocycles. The van der Waals surface area contributed by atoms with Gasteiger partial charge in [-0.3, -0.25) is 5.41 Å². The molecular weight excluding hydrogens is 284 g/mol. The third-order valence-electron chi connectivity index (χ3n) is 2.54. The monoisotopic (exact) mass is 302 g/mol. The average molecular weight is 303 g/mol. The minimum Gasteiger partial charge on any atom is -0.444 e. The smallest absolute Gasteiger partial charge is 0.410 e. The summed E-state index contributed by atoms with van der Waals surface area (Å²) in [6.45, 7) is 8.66. The second-order valence-electron chi connectivity index (χ2n) is 5.22. The first-order valence-electron chi connectivity index (χ1n) is 5.61. The van der Waals surface area contributed by atoms with Gasteiger partial charge in [-0.05, 0) is 50.0 Å². The lowest BCUT2D eigenvalue weighted by atomic mass is 10.0. The molecule has 1 aliphatic heterocycles. The van der Waals surface area contributed by atoms with E-state index in [0.717, 1.165) is 17.6 Å². The molecule has 17 heavy (non-hydrogen) atoms. The van der Waals surface area contributed by atoms with Crippen LogP contribution in [0.2, 0.25) is 0 Å². The Labute approximate surface area is 111 Å². The maximum absolute atomic E-state index is 11.9. The fraction of sp³-hybridized carbons (Fsp3) is 0.667. The Morgan fingerprint density at radius 3 is 2.53 bits per heavy atom. The van der Waals surface area contributed by atoms with Crippen LogP contribution in [0.25, 0.3) is 0 Å². The van der Waals surface area contributed by atoms with Gasteiger partial charge >= 0.3 is 6.09 Å². The Balaban J connectivity index is 2.72. The molecule has 0 saturated heterocycles. The predicted molar refractivity (Wildman–Crippen MR) is 71.8 cm³/mol. The highest BCUT2D eigenvalue weighted by molar-refractivity contribution is 9.18. The Morgan fingerprint density at radius 1 is 1.47 bits per heavy atom. The number of nitrogens with one attached hydrogen (secondary N) is 1. The molecule has 0 radical (unpaired) electrons. The van der Waals surface area contributed by atoms with E-state index in [4.69, 9.17) is 10.1 Å². The van der Waals surface area contributed by atoms with E-state index in [2.05, 4.69) is 15.9 Å². The van der Waals surface area contributed by atoms with E-state index in [0.29, 0.717) is 17.7 Å². The van der Waals surface area contributed by atoms with E-state index >= 15 is 0 Å². The van der Waals surface area contributed by atoms with E-state index in [1.807, 2.05) is 27.7 Å². The minimum absolute atomic E-state index is 0.309. The average Bonchev–Trinajstić information content (AvgIpc) is 2.14. The first-order valence-corrected chi connectivity index (χ1v) is 6.41. The fourth-order valence-corrected chi connectivity index (χ4v) is 2.06. The second kappa shape index (κ2) is 5.21. The molecule has 0 fully saturated rings. The van der Waals surface area contributed by atoms with Crippen LogP contribution >= 0.6 is 15.9 Å². The number of ether oxygens (including phenoxy) is 1. The first kappa shape index (κ1) is 14.2. The van der Waals surface area contributed by atoms with Crippen molar-refractivity contribution in [1.29, 1.82) is 5.41 Å². The van der Waals surface area contributed by atoms with Crippen LogP contribution in [0.4, 0.5) is 4.79 Å². The van der Waals surface area contributed by atoms with E-state index < -0.39 is 5.60 Å². The number of hydrogen-bond donors (Lipinski definition) is 1. The number of amides is 1. The number of hydrogen-bond acceptors (Lipinski definition) is 3. The lowest BCUT2D eigenvalue weighted by molar-refractivity contribution is 0.0263. The zero-order valence-corrected chi connectivity index (χ0v) is 12.3. The van der Waals surface area contributed by atoms with Crippen LogP contribution in [-0.4, -0.2) is 34.3 Å². The molecule has 0 unspecified atom stereocenters. The molecule has 1 aliphatic rings. The van der Waals surface area contributed by atoms with Crippen molar-refractivity contribution in [1.82, 2.24) is 4.90 Å². The summed E-state index contributed by atoms with van der Waals surface area (Å²) >= 11 is 3.16. The Kier molecular flexibility index (Phi) is 4.36. The summed E-state index contributed by atoms with van der Waals surface area (Å²) in [5.74, 6) is 0. The molecule has 1 heterocycles. The van der Waals surface area contributed by atoms with Gasteiger partial charge in [0.1, 0.15) is 10.2 Å². The van der Waals surface area contributed by atoms with Crippen LogP contribution < -0.4 is 0 Å². The van der Waals surface area contributed by atoms with Crippen molar-refractivity contribution >= 4 is 26.6 Å². The molecule has 1 amide bonds. The SMILES string of the molecule is CC1=C(C(=N)Br)CN(C(=O)OC(C)(C)C)CC1. The second-order valence-corrected chi connectivity index (χ2v) is 6.02. The van der Waals surface area contributed by atoms with E-state index in [1.165, 1.54) is 0 Å². The Morgan fingerprint density at radius 2 is 2.06 bits per heavy atom. The number of carbonyl (C=O) groups excluding carboxylic acids is 1. The highest BCUT2D eigenvalue weighted by Crippen LogP contribution is 2.22. The van der Waals surface area contributed by atoms with Gasteiger partial charge < -0.3 is 9.64 Å². The molecule has 5 heteroatoms. The molecule has 0 bridgehead atoms. The summed E-state index contributed by atoms with van der Waals surface area (Å²) in [5, 5.41) is 7.61.